The molecular formula is C20H24O10. The first kappa shape index (κ1) is 23.0. The van der Waals surface area contributed by atoms with Crippen LogP contribution in [0.2, 0.25) is 0 Å². The molecule has 0 aromatic carbocycles. The maximum Gasteiger partial charge on any atom is 0.514 e. The van der Waals surface area contributed by atoms with Crippen LogP contribution in [0.15, 0.2) is 35.8 Å². The highest BCUT2D eigenvalue weighted by Crippen LogP contribution is 2.30. The molecule has 0 amide bonds. The molecule has 0 N–H and O–H groups in total. The molecule has 0 atom stereocenters. The van der Waals surface area contributed by atoms with E-state index in [1.165, 1.54) is 0 Å². The lowest BCUT2D eigenvalue weighted by atomic mass is 10.1. The molecule has 30 heavy (non-hydrogen) atoms. The summed E-state index contributed by atoms with van der Waals surface area (Å²) in [6, 6.07) is 0. The third-order valence-corrected chi connectivity index (χ3v) is 3.99. The van der Waals surface area contributed by atoms with Gasteiger partial charge in [-0.15, -0.1) is 0 Å². The first-order valence-electron chi connectivity index (χ1n) is 9.24. The number of carbonyl (C=O) groups is 4. The molecule has 2 aliphatic rings. The van der Waals surface area contributed by atoms with Crippen LogP contribution in [0.4, 0.5) is 9.59 Å². The summed E-state index contributed by atoms with van der Waals surface area (Å²) in [6.07, 6.45) is 4.15. The van der Waals surface area contributed by atoms with Gasteiger partial charge in [-0.1, -0.05) is 0 Å². The van der Waals surface area contributed by atoms with Gasteiger partial charge in [0.15, 0.2) is 22.7 Å². The molecule has 0 aromatic heterocycles. The summed E-state index contributed by atoms with van der Waals surface area (Å²) in [7, 11) is 0. The van der Waals surface area contributed by atoms with Crippen LogP contribution in [-0.4, -0.2) is 48.7 Å². The molecule has 164 valence electrons. The van der Waals surface area contributed by atoms with Gasteiger partial charge in [-0.2, -0.15) is 0 Å². The summed E-state index contributed by atoms with van der Waals surface area (Å²) in [4.78, 5) is 45.4. The molecule has 2 saturated heterocycles. The zero-order valence-electron chi connectivity index (χ0n) is 17.2. The predicted molar refractivity (Wildman–Crippen MR) is 99.7 cm³/mol. The Morgan fingerprint density at radius 2 is 1.13 bits per heavy atom. The number of cyclic esters (lactones) is 4. The Balaban J connectivity index is 1.64. The van der Waals surface area contributed by atoms with Crippen molar-refractivity contribution in [2.24, 2.45) is 0 Å². The summed E-state index contributed by atoms with van der Waals surface area (Å²) >= 11 is 0. The fraction of sp³-hybridized carbons (Fsp3) is 0.500. The average molecular weight is 424 g/mol. The number of hydrogen-bond donors (Lipinski definition) is 0. The van der Waals surface area contributed by atoms with Gasteiger partial charge in [0.05, 0.1) is 13.2 Å². The zero-order valence-corrected chi connectivity index (χ0v) is 17.2. The molecule has 2 rings (SSSR count). The fourth-order valence-electron chi connectivity index (χ4n) is 2.49. The van der Waals surface area contributed by atoms with E-state index in [9.17, 15) is 19.2 Å². The Hall–Kier alpha value is -3.30. The van der Waals surface area contributed by atoms with Gasteiger partial charge in [0.25, 0.3) is 0 Å². The van der Waals surface area contributed by atoms with E-state index in [1.807, 2.05) is 0 Å². The van der Waals surface area contributed by atoms with Crippen molar-refractivity contribution in [1.29, 1.82) is 0 Å². The maximum absolute atomic E-state index is 11.6. The minimum atomic E-state index is -0.858. The van der Waals surface area contributed by atoms with Gasteiger partial charge in [0.2, 0.25) is 0 Å². The molecule has 10 nitrogen and oxygen atoms in total. The molecular weight excluding hydrogens is 400 g/mol. The maximum atomic E-state index is 11.6. The summed E-state index contributed by atoms with van der Waals surface area (Å²) in [5.74, 6) is -0.744. The van der Waals surface area contributed by atoms with Gasteiger partial charge in [-0.25, -0.2) is 19.2 Å². The SMILES string of the molecule is CC1(C)OC(=O)OC1=CCCOC(=O)C=CC(=O)OCCC=C1OC(=O)OC1(C)C. The second kappa shape index (κ2) is 9.47. The number of hydrogen-bond acceptors (Lipinski definition) is 10. The van der Waals surface area contributed by atoms with E-state index in [0.29, 0.717) is 24.4 Å². The number of esters is 2. The van der Waals surface area contributed by atoms with Crippen LogP contribution in [-0.2, 0) is 38.0 Å². The van der Waals surface area contributed by atoms with Crippen molar-refractivity contribution in [3.8, 4) is 0 Å². The van der Waals surface area contributed by atoms with E-state index < -0.39 is 35.5 Å². The second-order valence-corrected chi connectivity index (χ2v) is 7.31. The highest BCUT2D eigenvalue weighted by atomic mass is 16.8. The topological polar surface area (TPSA) is 124 Å². The first-order chi connectivity index (χ1) is 14.0. The molecule has 2 heterocycles. The van der Waals surface area contributed by atoms with Crippen LogP contribution in [0.25, 0.3) is 0 Å². The lowest BCUT2D eigenvalue weighted by Crippen LogP contribution is -2.20. The largest absolute Gasteiger partial charge is 0.514 e. The number of rotatable bonds is 8. The predicted octanol–water partition coefficient (Wildman–Crippen LogP) is 3.07. The van der Waals surface area contributed by atoms with Crippen molar-refractivity contribution < 1.29 is 47.6 Å². The van der Waals surface area contributed by atoms with Crippen LogP contribution in [0.1, 0.15) is 40.5 Å². The number of ether oxygens (including phenoxy) is 6. The minimum absolute atomic E-state index is 0.0273. The summed E-state index contributed by atoms with van der Waals surface area (Å²) in [5.41, 5.74) is -1.72. The third-order valence-electron chi connectivity index (χ3n) is 3.99. The molecule has 0 aliphatic carbocycles. The lowest BCUT2D eigenvalue weighted by molar-refractivity contribution is -0.140. The van der Waals surface area contributed by atoms with E-state index >= 15 is 0 Å². The standard InChI is InChI=1S/C20H24O10/c1-19(2)13(27-17(23)29-19)7-5-11-25-15(21)9-10-16(22)26-12-6-8-14-20(3,4)30-18(24)28-14/h7-10H,5-6,11-12H2,1-4H3. The second-order valence-electron chi connectivity index (χ2n) is 7.31. The van der Waals surface area contributed by atoms with Crippen molar-refractivity contribution in [2.45, 2.75) is 51.7 Å². The van der Waals surface area contributed by atoms with Gasteiger partial charge in [0.1, 0.15) is 0 Å². The molecule has 0 spiro atoms. The minimum Gasteiger partial charge on any atom is -0.462 e. The van der Waals surface area contributed by atoms with Crippen molar-refractivity contribution in [1.82, 2.24) is 0 Å². The first-order valence-corrected chi connectivity index (χ1v) is 9.24. The Kier molecular flexibility index (Phi) is 7.25. The van der Waals surface area contributed by atoms with Crippen molar-refractivity contribution in [3.63, 3.8) is 0 Å². The molecule has 0 unspecified atom stereocenters. The smallest absolute Gasteiger partial charge is 0.462 e. The zero-order chi connectivity index (χ0) is 22.4. The van der Waals surface area contributed by atoms with Crippen LogP contribution < -0.4 is 0 Å². The van der Waals surface area contributed by atoms with Crippen LogP contribution in [0.5, 0.6) is 0 Å². The molecule has 10 heteroatoms. The monoisotopic (exact) mass is 424 g/mol. The molecule has 2 fully saturated rings. The summed E-state index contributed by atoms with van der Waals surface area (Å²) < 4.78 is 29.6. The highest BCUT2D eigenvalue weighted by Gasteiger charge is 2.39. The molecule has 0 saturated carbocycles. The van der Waals surface area contributed by atoms with Crippen molar-refractivity contribution >= 4 is 24.2 Å². The lowest BCUT2D eigenvalue weighted by Gasteiger charge is -2.13. The molecule has 2 aliphatic heterocycles. The van der Waals surface area contributed by atoms with Crippen LogP contribution >= 0.6 is 0 Å². The van der Waals surface area contributed by atoms with E-state index in [2.05, 4.69) is 0 Å². The van der Waals surface area contributed by atoms with Crippen molar-refractivity contribution in [3.05, 3.63) is 35.8 Å². The van der Waals surface area contributed by atoms with Gasteiger partial charge < -0.3 is 28.4 Å². The summed E-state index contributed by atoms with van der Waals surface area (Å²) in [6.45, 7) is 6.76. The van der Waals surface area contributed by atoms with Gasteiger partial charge in [-0.3, -0.25) is 0 Å². The van der Waals surface area contributed by atoms with E-state index in [4.69, 9.17) is 28.4 Å². The number of carbonyl (C=O) groups excluding carboxylic acids is 4. The van der Waals surface area contributed by atoms with Crippen LogP contribution in [0.3, 0.4) is 0 Å². The van der Waals surface area contributed by atoms with Gasteiger partial charge in [0, 0.05) is 25.0 Å². The summed E-state index contributed by atoms with van der Waals surface area (Å²) in [5, 5.41) is 0. The van der Waals surface area contributed by atoms with E-state index in [-0.39, 0.29) is 13.2 Å². The molecule has 0 aromatic rings. The van der Waals surface area contributed by atoms with E-state index in [1.54, 1.807) is 39.8 Å². The Morgan fingerprint density at radius 1 is 0.767 bits per heavy atom. The highest BCUT2D eigenvalue weighted by molar-refractivity contribution is 5.91. The molecule has 0 radical (unpaired) electrons. The fourth-order valence-corrected chi connectivity index (χ4v) is 2.49. The third kappa shape index (κ3) is 6.64. The Morgan fingerprint density at radius 3 is 1.43 bits per heavy atom. The van der Waals surface area contributed by atoms with Crippen LogP contribution in [0, 0.1) is 0 Å². The van der Waals surface area contributed by atoms with Gasteiger partial charge >= 0.3 is 24.2 Å². The van der Waals surface area contributed by atoms with Gasteiger partial charge in [-0.05, 0) is 39.8 Å². The quantitative estimate of drug-likeness (QED) is 0.248. The average Bonchev–Trinajstić information content (AvgIpc) is 3.05. The van der Waals surface area contributed by atoms with Crippen molar-refractivity contribution in [2.75, 3.05) is 13.2 Å². The Bertz CT molecular complexity index is 734. The normalized spacial score (nSPS) is 21.9. The van der Waals surface area contributed by atoms with E-state index in [0.717, 1.165) is 12.2 Å². The molecule has 0 bridgehead atoms. The Labute approximate surface area is 173 Å².